The predicted molar refractivity (Wildman–Crippen MR) is 81.9 cm³/mol. The Morgan fingerprint density at radius 1 is 0.632 bits per heavy atom. The predicted octanol–water partition coefficient (Wildman–Crippen LogP) is 6.02. The van der Waals surface area contributed by atoms with Crippen molar-refractivity contribution in [1.82, 2.24) is 0 Å². The lowest BCUT2D eigenvalue weighted by Gasteiger charge is -2.15. The van der Waals surface area contributed by atoms with Crippen molar-refractivity contribution in [3.63, 3.8) is 0 Å². The summed E-state index contributed by atoms with van der Waals surface area (Å²) in [5.41, 5.74) is 4.20. The van der Waals surface area contributed by atoms with Gasteiger partial charge < -0.3 is 4.74 Å². The highest BCUT2D eigenvalue weighted by molar-refractivity contribution is 6.31. The quantitative estimate of drug-likeness (QED) is 0.658. The SMILES string of the molecule is Cc1c(Cl)ccc(Oc2ccc(Cl)c(C)c2C)c1C. The zero-order chi connectivity index (χ0) is 14.2. The maximum atomic E-state index is 6.09. The van der Waals surface area contributed by atoms with E-state index >= 15 is 0 Å². The second kappa shape index (κ2) is 5.44. The first-order chi connectivity index (χ1) is 8.91. The fourth-order valence-corrected chi connectivity index (χ4v) is 2.27. The van der Waals surface area contributed by atoms with E-state index in [4.69, 9.17) is 27.9 Å². The summed E-state index contributed by atoms with van der Waals surface area (Å²) in [6, 6.07) is 7.51. The van der Waals surface area contributed by atoms with Crippen LogP contribution < -0.4 is 4.74 Å². The molecule has 3 heteroatoms. The van der Waals surface area contributed by atoms with Crippen molar-refractivity contribution in [2.75, 3.05) is 0 Å². The molecule has 100 valence electrons. The summed E-state index contributed by atoms with van der Waals surface area (Å²) >= 11 is 12.2. The van der Waals surface area contributed by atoms with Gasteiger partial charge in [-0.05, 0) is 74.2 Å². The first kappa shape index (κ1) is 14.2. The number of rotatable bonds is 2. The molecule has 2 aromatic carbocycles. The van der Waals surface area contributed by atoms with Gasteiger partial charge >= 0.3 is 0 Å². The minimum absolute atomic E-state index is 0.758. The van der Waals surface area contributed by atoms with E-state index in [1.165, 1.54) is 0 Å². The molecule has 0 aliphatic carbocycles. The summed E-state index contributed by atoms with van der Waals surface area (Å²) in [6.07, 6.45) is 0. The number of halogens is 2. The number of hydrogen-bond donors (Lipinski definition) is 0. The Hall–Kier alpha value is -1.18. The summed E-state index contributed by atoms with van der Waals surface area (Å²) in [5.74, 6) is 1.65. The first-order valence-electron chi connectivity index (χ1n) is 6.11. The summed E-state index contributed by atoms with van der Waals surface area (Å²) < 4.78 is 5.99. The van der Waals surface area contributed by atoms with E-state index in [1.807, 2.05) is 52.0 Å². The van der Waals surface area contributed by atoms with Crippen LogP contribution >= 0.6 is 23.2 Å². The molecule has 2 aromatic rings. The topological polar surface area (TPSA) is 9.23 Å². The molecule has 2 rings (SSSR count). The molecule has 0 N–H and O–H groups in total. The third kappa shape index (κ3) is 2.72. The average Bonchev–Trinajstić information content (AvgIpc) is 2.39. The van der Waals surface area contributed by atoms with Gasteiger partial charge in [-0.2, -0.15) is 0 Å². The van der Waals surface area contributed by atoms with Crippen LogP contribution in [0.5, 0.6) is 11.5 Å². The minimum Gasteiger partial charge on any atom is -0.457 e. The van der Waals surface area contributed by atoms with Gasteiger partial charge in [-0.15, -0.1) is 0 Å². The van der Waals surface area contributed by atoms with Crippen LogP contribution in [-0.2, 0) is 0 Å². The van der Waals surface area contributed by atoms with Crippen LogP contribution in [0.4, 0.5) is 0 Å². The van der Waals surface area contributed by atoms with Gasteiger partial charge in [-0.3, -0.25) is 0 Å². The lowest BCUT2D eigenvalue weighted by Crippen LogP contribution is -1.94. The van der Waals surface area contributed by atoms with Gasteiger partial charge in [-0.25, -0.2) is 0 Å². The van der Waals surface area contributed by atoms with Gasteiger partial charge in [-0.1, -0.05) is 23.2 Å². The zero-order valence-corrected chi connectivity index (χ0v) is 13.0. The molecule has 0 heterocycles. The van der Waals surface area contributed by atoms with Crippen molar-refractivity contribution < 1.29 is 4.74 Å². The van der Waals surface area contributed by atoms with Crippen LogP contribution in [-0.4, -0.2) is 0 Å². The maximum absolute atomic E-state index is 6.09. The van der Waals surface area contributed by atoms with Crippen molar-refractivity contribution in [2.45, 2.75) is 27.7 Å². The molecule has 1 nitrogen and oxygen atoms in total. The van der Waals surface area contributed by atoms with E-state index in [-0.39, 0.29) is 0 Å². The summed E-state index contributed by atoms with van der Waals surface area (Å²) in [7, 11) is 0. The molecule has 0 bridgehead atoms. The molecule has 0 amide bonds. The van der Waals surface area contributed by atoms with E-state index < -0.39 is 0 Å². The largest absolute Gasteiger partial charge is 0.457 e. The molecular weight excluding hydrogens is 279 g/mol. The summed E-state index contributed by atoms with van der Waals surface area (Å²) in [4.78, 5) is 0. The fraction of sp³-hybridized carbons (Fsp3) is 0.250. The van der Waals surface area contributed by atoms with Gasteiger partial charge in [0.2, 0.25) is 0 Å². The molecule has 0 atom stereocenters. The Kier molecular flexibility index (Phi) is 4.07. The average molecular weight is 295 g/mol. The lowest BCUT2D eigenvalue weighted by atomic mass is 10.1. The van der Waals surface area contributed by atoms with Crippen LogP contribution in [0.15, 0.2) is 24.3 Å². The highest BCUT2D eigenvalue weighted by atomic mass is 35.5. The van der Waals surface area contributed by atoms with Gasteiger partial charge in [0.25, 0.3) is 0 Å². The molecule has 0 aliphatic heterocycles. The van der Waals surface area contributed by atoms with Crippen molar-refractivity contribution in [3.05, 3.63) is 56.6 Å². The smallest absolute Gasteiger partial charge is 0.130 e. The van der Waals surface area contributed by atoms with E-state index in [9.17, 15) is 0 Å². The van der Waals surface area contributed by atoms with Gasteiger partial charge in [0.05, 0.1) is 0 Å². The molecule has 19 heavy (non-hydrogen) atoms. The van der Waals surface area contributed by atoms with Crippen LogP contribution in [0.3, 0.4) is 0 Å². The van der Waals surface area contributed by atoms with Gasteiger partial charge in [0.15, 0.2) is 0 Å². The number of hydrogen-bond acceptors (Lipinski definition) is 1. The number of benzene rings is 2. The second-order valence-corrected chi connectivity index (χ2v) is 5.51. The van der Waals surface area contributed by atoms with E-state index in [2.05, 4.69) is 0 Å². The molecule has 0 aromatic heterocycles. The third-order valence-electron chi connectivity index (χ3n) is 3.56. The molecule has 0 spiro atoms. The Bertz CT molecular complexity index is 578. The van der Waals surface area contributed by atoms with Crippen molar-refractivity contribution in [1.29, 1.82) is 0 Å². The van der Waals surface area contributed by atoms with Crippen LogP contribution in [0.1, 0.15) is 22.3 Å². The van der Waals surface area contributed by atoms with E-state index in [0.717, 1.165) is 43.8 Å². The molecule has 0 fully saturated rings. The molecule has 0 unspecified atom stereocenters. The Morgan fingerprint density at radius 3 is 1.37 bits per heavy atom. The second-order valence-electron chi connectivity index (χ2n) is 4.69. The summed E-state index contributed by atoms with van der Waals surface area (Å²) in [5, 5.41) is 1.52. The molecule has 0 radical (unpaired) electrons. The zero-order valence-electron chi connectivity index (χ0n) is 11.5. The fourth-order valence-electron chi connectivity index (χ4n) is 1.87. The lowest BCUT2D eigenvalue weighted by molar-refractivity contribution is 0.474. The summed E-state index contributed by atoms with van der Waals surface area (Å²) in [6.45, 7) is 8.00. The Balaban J connectivity index is 2.43. The molecule has 0 saturated heterocycles. The Morgan fingerprint density at radius 2 is 1.00 bits per heavy atom. The third-order valence-corrected chi connectivity index (χ3v) is 4.38. The van der Waals surface area contributed by atoms with Crippen molar-refractivity contribution in [3.8, 4) is 11.5 Å². The molecule has 0 saturated carbocycles. The van der Waals surface area contributed by atoms with Crippen LogP contribution in [0.25, 0.3) is 0 Å². The van der Waals surface area contributed by atoms with Crippen LogP contribution in [0, 0.1) is 27.7 Å². The monoisotopic (exact) mass is 294 g/mol. The molecule has 0 aliphatic rings. The van der Waals surface area contributed by atoms with Crippen LogP contribution in [0.2, 0.25) is 10.0 Å². The first-order valence-corrected chi connectivity index (χ1v) is 6.86. The van der Waals surface area contributed by atoms with Gasteiger partial charge in [0.1, 0.15) is 11.5 Å². The normalized spacial score (nSPS) is 10.6. The van der Waals surface area contributed by atoms with Gasteiger partial charge in [0, 0.05) is 10.0 Å². The van der Waals surface area contributed by atoms with E-state index in [1.54, 1.807) is 0 Å². The standard InChI is InChI=1S/C16H16Cl2O/c1-9-11(3)15(7-5-13(9)17)19-16-8-6-14(18)10(2)12(16)4/h5-8H,1-4H3. The number of ether oxygens (including phenoxy) is 1. The molecular formula is C16H16Cl2O. The minimum atomic E-state index is 0.758. The van der Waals surface area contributed by atoms with E-state index in [0.29, 0.717) is 0 Å². The maximum Gasteiger partial charge on any atom is 0.130 e. The Labute approximate surface area is 124 Å². The highest BCUT2D eigenvalue weighted by Crippen LogP contribution is 2.34. The van der Waals surface area contributed by atoms with Crippen molar-refractivity contribution in [2.24, 2.45) is 0 Å². The highest BCUT2D eigenvalue weighted by Gasteiger charge is 2.10. The van der Waals surface area contributed by atoms with Crippen molar-refractivity contribution >= 4 is 23.2 Å².